The number of carboxylic acid groups (broad SMARTS) is 1. The molecule has 2 aliphatic carbocycles. The fourth-order valence-electron chi connectivity index (χ4n) is 5.45. The van der Waals surface area contributed by atoms with Gasteiger partial charge in [0.1, 0.15) is 30.4 Å². The number of anilines is 1. The standard InChI is InChI=1S/C31H26Cl3N3O5/c1-31(18-9-19(13-35-12-18)37(16-38)14-27(39)40)11-23(31)21-8-7-20(10-26(21)34)41-15-22-29(36-42-30(22)17-5-6-17)28-24(32)3-2-4-25(28)33/h2-4,7-10,12-13,16-17,23H,5-6,11,14-15H2,1H3,(H,39,40). The molecule has 11 heteroatoms. The van der Waals surface area contributed by atoms with Gasteiger partial charge in [0.25, 0.3) is 0 Å². The van der Waals surface area contributed by atoms with E-state index in [9.17, 15) is 9.59 Å². The number of ether oxygens (including phenoxy) is 1. The lowest BCUT2D eigenvalue weighted by Crippen LogP contribution is -2.28. The Balaban J connectivity index is 1.20. The molecule has 6 rings (SSSR count). The van der Waals surface area contributed by atoms with E-state index in [4.69, 9.17) is 49.2 Å². The number of aliphatic carboxylic acids is 1. The predicted octanol–water partition coefficient (Wildman–Crippen LogP) is 7.65. The fourth-order valence-corrected chi connectivity index (χ4v) is 6.33. The van der Waals surface area contributed by atoms with Gasteiger partial charge in [-0.25, -0.2) is 0 Å². The molecule has 0 aliphatic heterocycles. The number of pyridine rings is 1. The molecule has 1 N–H and O–H groups in total. The van der Waals surface area contributed by atoms with Gasteiger partial charge in [0.05, 0.1) is 27.5 Å². The third kappa shape index (κ3) is 5.46. The first-order valence-corrected chi connectivity index (χ1v) is 14.6. The number of carbonyl (C=O) groups excluding carboxylic acids is 1. The number of carboxylic acids is 1. The van der Waals surface area contributed by atoms with Crippen LogP contribution in [0.5, 0.6) is 5.75 Å². The maximum absolute atomic E-state index is 11.5. The average molecular weight is 627 g/mol. The molecule has 2 fully saturated rings. The number of hydrogen-bond donors (Lipinski definition) is 1. The van der Waals surface area contributed by atoms with E-state index in [1.165, 1.54) is 6.20 Å². The molecule has 0 radical (unpaired) electrons. The van der Waals surface area contributed by atoms with Crippen molar-refractivity contribution in [3.63, 3.8) is 0 Å². The average Bonchev–Trinajstić information content (AvgIpc) is 3.89. The van der Waals surface area contributed by atoms with Gasteiger partial charge in [0.15, 0.2) is 0 Å². The molecule has 2 aromatic heterocycles. The van der Waals surface area contributed by atoms with Crippen molar-refractivity contribution in [2.75, 3.05) is 11.4 Å². The zero-order valence-electron chi connectivity index (χ0n) is 22.5. The van der Waals surface area contributed by atoms with Crippen LogP contribution in [0, 0.1) is 0 Å². The van der Waals surface area contributed by atoms with Crippen LogP contribution in [0.4, 0.5) is 5.69 Å². The number of amides is 1. The van der Waals surface area contributed by atoms with E-state index in [-0.39, 0.29) is 17.9 Å². The number of hydrogen-bond acceptors (Lipinski definition) is 6. The number of halogens is 3. The first-order chi connectivity index (χ1) is 20.2. The minimum absolute atomic E-state index is 0.119. The van der Waals surface area contributed by atoms with Crippen LogP contribution < -0.4 is 9.64 Å². The van der Waals surface area contributed by atoms with Crippen LogP contribution in [0.15, 0.2) is 59.4 Å². The SMILES string of the molecule is CC1(c2cncc(N(C=O)CC(=O)O)c2)CC1c1ccc(OCc2c(-c3c(Cl)cccc3Cl)noc2C2CC2)cc1Cl. The van der Waals surface area contributed by atoms with Crippen molar-refractivity contribution in [2.45, 2.75) is 50.0 Å². The molecule has 42 heavy (non-hydrogen) atoms. The third-order valence-corrected chi connectivity index (χ3v) is 9.04. The van der Waals surface area contributed by atoms with Gasteiger partial charge in [-0.15, -0.1) is 0 Å². The molecule has 0 bridgehead atoms. The molecular weight excluding hydrogens is 601 g/mol. The van der Waals surface area contributed by atoms with E-state index in [1.54, 1.807) is 30.5 Å². The lowest BCUT2D eigenvalue weighted by molar-refractivity contribution is -0.136. The van der Waals surface area contributed by atoms with Crippen molar-refractivity contribution in [1.82, 2.24) is 10.1 Å². The van der Waals surface area contributed by atoms with E-state index < -0.39 is 12.5 Å². The van der Waals surface area contributed by atoms with Crippen LogP contribution in [0.1, 0.15) is 60.5 Å². The largest absolute Gasteiger partial charge is 0.489 e. The first kappa shape index (κ1) is 28.5. The molecule has 2 saturated carbocycles. The van der Waals surface area contributed by atoms with Crippen LogP contribution >= 0.6 is 34.8 Å². The van der Waals surface area contributed by atoms with Gasteiger partial charge in [-0.05, 0) is 66.6 Å². The highest BCUT2D eigenvalue weighted by molar-refractivity contribution is 6.39. The summed E-state index contributed by atoms with van der Waals surface area (Å²) >= 11 is 19.7. The number of aromatic nitrogens is 2. The van der Waals surface area contributed by atoms with Gasteiger partial charge in [0.2, 0.25) is 6.41 Å². The molecular formula is C31H26Cl3N3O5. The summed E-state index contributed by atoms with van der Waals surface area (Å²) in [5.74, 6) is 0.719. The summed E-state index contributed by atoms with van der Waals surface area (Å²) in [5.41, 5.74) is 4.07. The summed E-state index contributed by atoms with van der Waals surface area (Å²) in [7, 11) is 0. The van der Waals surface area contributed by atoms with Crippen LogP contribution in [-0.2, 0) is 21.6 Å². The van der Waals surface area contributed by atoms with Crippen molar-refractivity contribution in [3.05, 3.63) is 92.4 Å². The van der Waals surface area contributed by atoms with E-state index in [0.717, 1.165) is 46.6 Å². The molecule has 2 atom stereocenters. The van der Waals surface area contributed by atoms with Crippen molar-refractivity contribution >= 4 is 52.9 Å². The summed E-state index contributed by atoms with van der Waals surface area (Å²) in [4.78, 5) is 28.0. The van der Waals surface area contributed by atoms with Gasteiger partial charge in [-0.1, -0.05) is 59.0 Å². The molecule has 0 saturated heterocycles. The van der Waals surface area contributed by atoms with Crippen molar-refractivity contribution < 1.29 is 24.0 Å². The summed E-state index contributed by atoms with van der Waals surface area (Å²) < 4.78 is 11.9. The van der Waals surface area contributed by atoms with Crippen LogP contribution in [0.2, 0.25) is 15.1 Å². The Morgan fingerprint density at radius 2 is 1.90 bits per heavy atom. The Labute approximate surface area is 257 Å². The maximum Gasteiger partial charge on any atom is 0.323 e. The monoisotopic (exact) mass is 625 g/mol. The van der Waals surface area contributed by atoms with Crippen LogP contribution in [0.25, 0.3) is 11.3 Å². The lowest BCUT2D eigenvalue weighted by atomic mass is 9.93. The molecule has 8 nitrogen and oxygen atoms in total. The Kier molecular flexibility index (Phi) is 7.64. The quantitative estimate of drug-likeness (QED) is 0.171. The third-order valence-electron chi connectivity index (χ3n) is 8.08. The van der Waals surface area contributed by atoms with E-state index >= 15 is 0 Å². The molecule has 2 aromatic carbocycles. The molecule has 1 amide bonds. The summed E-state index contributed by atoms with van der Waals surface area (Å²) in [6.07, 6.45) is 6.61. The second-order valence-corrected chi connectivity index (χ2v) is 12.2. The van der Waals surface area contributed by atoms with Gasteiger partial charge in [-0.2, -0.15) is 0 Å². The van der Waals surface area contributed by atoms with Crippen molar-refractivity contribution in [2.24, 2.45) is 0 Å². The van der Waals surface area contributed by atoms with E-state index in [1.807, 2.05) is 18.2 Å². The first-order valence-electron chi connectivity index (χ1n) is 13.4. The van der Waals surface area contributed by atoms with Gasteiger partial charge in [-0.3, -0.25) is 14.6 Å². The highest BCUT2D eigenvalue weighted by Crippen LogP contribution is 2.61. The normalized spacial score (nSPS) is 19.4. The number of rotatable bonds is 11. The highest BCUT2D eigenvalue weighted by Gasteiger charge is 2.53. The smallest absolute Gasteiger partial charge is 0.323 e. The maximum atomic E-state index is 11.5. The predicted molar refractivity (Wildman–Crippen MR) is 160 cm³/mol. The second-order valence-electron chi connectivity index (χ2n) is 10.9. The summed E-state index contributed by atoms with van der Waals surface area (Å²) in [6, 6.07) is 12.8. The highest BCUT2D eigenvalue weighted by atomic mass is 35.5. The summed E-state index contributed by atoms with van der Waals surface area (Å²) in [6.45, 7) is 1.88. The molecule has 2 aliphatic rings. The van der Waals surface area contributed by atoms with Crippen LogP contribution in [0.3, 0.4) is 0 Å². The Morgan fingerprint density at radius 1 is 1.14 bits per heavy atom. The van der Waals surface area contributed by atoms with E-state index in [2.05, 4.69) is 17.1 Å². The van der Waals surface area contributed by atoms with Crippen molar-refractivity contribution in [3.8, 4) is 17.0 Å². The number of nitrogens with zero attached hydrogens (tertiary/aromatic N) is 3. The lowest BCUT2D eigenvalue weighted by Gasteiger charge is -2.18. The zero-order valence-corrected chi connectivity index (χ0v) is 24.8. The molecule has 2 unspecified atom stereocenters. The van der Waals surface area contributed by atoms with Crippen molar-refractivity contribution in [1.29, 1.82) is 0 Å². The molecule has 216 valence electrons. The molecule has 2 heterocycles. The molecule has 4 aromatic rings. The van der Waals surface area contributed by atoms with Gasteiger partial charge >= 0.3 is 5.97 Å². The van der Waals surface area contributed by atoms with Gasteiger partial charge < -0.3 is 19.3 Å². The minimum atomic E-state index is -1.10. The summed E-state index contributed by atoms with van der Waals surface area (Å²) in [5, 5.41) is 15.0. The molecule has 0 spiro atoms. The zero-order chi connectivity index (χ0) is 29.6. The minimum Gasteiger partial charge on any atom is -0.489 e. The Bertz CT molecular complexity index is 1670. The number of carbonyl (C=O) groups is 2. The van der Waals surface area contributed by atoms with Gasteiger partial charge in [0, 0.05) is 28.1 Å². The Hall–Kier alpha value is -3.59. The van der Waals surface area contributed by atoms with E-state index in [0.29, 0.717) is 50.1 Å². The fraction of sp³-hybridized carbons (Fsp3) is 0.290. The Morgan fingerprint density at radius 3 is 2.57 bits per heavy atom. The topological polar surface area (TPSA) is 106 Å². The number of benzene rings is 2. The van der Waals surface area contributed by atoms with Crippen LogP contribution in [-0.4, -0.2) is 34.2 Å². The second kappa shape index (κ2) is 11.2.